The van der Waals surface area contributed by atoms with Crippen LogP contribution in [-0.2, 0) is 34.0 Å². The minimum atomic E-state index is -0.149. The lowest BCUT2D eigenvalue weighted by Crippen LogP contribution is -2.52. The third kappa shape index (κ3) is 7.39. The van der Waals surface area contributed by atoms with Crippen molar-refractivity contribution in [2.75, 3.05) is 6.61 Å². The van der Waals surface area contributed by atoms with Gasteiger partial charge in [0.2, 0.25) is 0 Å². The highest BCUT2D eigenvalue weighted by molar-refractivity contribution is 5.16. The van der Waals surface area contributed by atoms with Crippen LogP contribution in [0.3, 0.4) is 0 Å². The molecule has 0 aliphatic carbocycles. The summed E-state index contributed by atoms with van der Waals surface area (Å²) in [5.74, 6) is 0. The van der Waals surface area contributed by atoms with Crippen LogP contribution in [-0.4, -0.2) is 41.3 Å². The van der Waals surface area contributed by atoms with Crippen molar-refractivity contribution in [3.05, 3.63) is 120 Å². The van der Waals surface area contributed by atoms with Crippen LogP contribution in [0, 0.1) is 0 Å². The van der Waals surface area contributed by atoms with E-state index in [1.807, 2.05) is 24.3 Å². The van der Waals surface area contributed by atoms with Crippen LogP contribution >= 0.6 is 0 Å². The molecule has 1 saturated heterocycles. The van der Waals surface area contributed by atoms with Gasteiger partial charge in [-0.05, 0) is 43.9 Å². The van der Waals surface area contributed by atoms with Crippen molar-refractivity contribution in [3.8, 4) is 0 Å². The molecule has 0 aromatic heterocycles. The number of ether oxygens (including phenoxy) is 3. The summed E-state index contributed by atoms with van der Waals surface area (Å²) < 4.78 is 19.8. The van der Waals surface area contributed by atoms with E-state index in [2.05, 4.69) is 105 Å². The van der Waals surface area contributed by atoms with Crippen LogP contribution < -0.4 is 0 Å². The van der Waals surface area contributed by atoms with Gasteiger partial charge in [-0.3, -0.25) is 4.90 Å². The standard InChI is InChI=1S/C33H41NO3/c1-5-15-29-31(36-23-27-18-11-7-12-19-27)32(37-24-28-20-13-8-14-21-28)30(34(29)33(2,3)4)25-35-22-26-16-9-6-10-17-26/h5-14,16-21,29-32H,1,15,22-25H2,2-4H3/t29-,30-,31-,32-/m1/s1. The van der Waals surface area contributed by atoms with Gasteiger partial charge < -0.3 is 14.2 Å². The Kier molecular flexibility index (Phi) is 9.70. The highest BCUT2D eigenvalue weighted by atomic mass is 16.5. The van der Waals surface area contributed by atoms with Gasteiger partial charge in [0, 0.05) is 11.6 Å². The first kappa shape index (κ1) is 27.3. The van der Waals surface area contributed by atoms with Crippen molar-refractivity contribution in [2.45, 2.75) is 76.8 Å². The lowest BCUT2D eigenvalue weighted by Gasteiger charge is -2.41. The minimum Gasteiger partial charge on any atom is -0.375 e. The second kappa shape index (κ2) is 13.2. The maximum absolute atomic E-state index is 6.73. The average molecular weight is 500 g/mol. The van der Waals surface area contributed by atoms with Crippen LogP contribution in [0.25, 0.3) is 0 Å². The Bertz CT molecular complexity index is 1060. The maximum atomic E-state index is 6.73. The van der Waals surface area contributed by atoms with E-state index in [0.717, 1.165) is 17.5 Å². The smallest absolute Gasteiger partial charge is 0.103 e. The fourth-order valence-corrected chi connectivity index (χ4v) is 5.41. The summed E-state index contributed by atoms with van der Waals surface area (Å²) in [4.78, 5) is 2.55. The molecule has 1 heterocycles. The molecule has 0 spiro atoms. The molecule has 196 valence electrons. The molecule has 0 N–H and O–H groups in total. The molecule has 1 aliphatic heterocycles. The third-order valence-electron chi connectivity index (χ3n) is 6.95. The zero-order valence-electron chi connectivity index (χ0n) is 22.5. The largest absolute Gasteiger partial charge is 0.375 e. The number of hydrogen-bond donors (Lipinski definition) is 0. The van der Waals surface area contributed by atoms with Gasteiger partial charge in [-0.15, -0.1) is 6.58 Å². The molecule has 0 unspecified atom stereocenters. The van der Waals surface area contributed by atoms with Crippen molar-refractivity contribution in [2.24, 2.45) is 0 Å². The Hall–Kier alpha value is -2.76. The van der Waals surface area contributed by atoms with Gasteiger partial charge in [-0.1, -0.05) is 97.1 Å². The van der Waals surface area contributed by atoms with Crippen molar-refractivity contribution in [1.29, 1.82) is 0 Å². The normalized spacial score (nSPS) is 22.2. The van der Waals surface area contributed by atoms with E-state index in [0.29, 0.717) is 26.4 Å². The fraction of sp³-hybridized carbons (Fsp3) is 0.394. The Balaban J connectivity index is 1.60. The Labute approximate surface area is 222 Å². The molecule has 1 fully saturated rings. The lowest BCUT2D eigenvalue weighted by atomic mass is 10.0. The number of nitrogens with zero attached hydrogens (tertiary/aromatic N) is 1. The van der Waals surface area contributed by atoms with Crippen molar-refractivity contribution < 1.29 is 14.2 Å². The molecule has 0 amide bonds. The summed E-state index contributed by atoms with van der Waals surface area (Å²) in [6.07, 6.45) is 2.55. The predicted molar refractivity (Wildman–Crippen MR) is 150 cm³/mol. The summed E-state index contributed by atoms with van der Waals surface area (Å²) in [7, 11) is 0. The van der Waals surface area contributed by atoms with Crippen LogP contribution in [0.2, 0.25) is 0 Å². The molecular formula is C33H41NO3. The number of rotatable bonds is 12. The third-order valence-corrected chi connectivity index (χ3v) is 6.95. The monoisotopic (exact) mass is 499 g/mol. The Morgan fingerprint density at radius 2 is 1.11 bits per heavy atom. The van der Waals surface area contributed by atoms with Gasteiger partial charge in [-0.25, -0.2) is 0 Å². The van der Waals surface area contributed by atoms with Gasteiger partial charge >= 0.3 is 0 Å². The molecule has 4 atom stereocenters. The topological polar surface area (TPSA) is 30.9 Å². The molecule has 0 saturated carbocycles. The van der Waals surface area contributed by atoms with E-state index in [-0.39, 0.29) is 29.8 Å². The predicted octanol–water partition coefficient (Wildman–Crippen LogP) is 6.80. The van der Waals surface area contributed by atoms with Gasteiger partial charge in [-0.2, -0.15) is 0 Å². The Morgan fingerprint density at radius 3 is 1.54 bits per heavy atom. The first-order valence-corrected chi connectivity index (χ1v) is 13.3. The number of hydrogen-bond acceptors (Lipinski definition) is 4. The molecule has 4 rings (SSSR count). The second-order valence-electron chi connectivity index (χ2n) is 10.8. The van der Waals surface area contributed by atoms with Crippen molar-refractivity contribution in [1.82, 2.24) is 4.90 Å². The van der Waals surface area contributed by atoms with Gasteiger partial charge in [0.15, 0.2) is 0 Å². The van der Waals surface area contributed by atoms with E-state index >= 15 is 0 Å². The number of likely N-dealkylation sites (tertiary alicyclic amines) is 1. The van der Waals surface area contributed by atoms with E-state index in [1.165, 1.54) is 5.56 Å². The zero-order chi connectivity index (χ0) is 26.1. The van der Waals surface area contributed by atoms with Crippen LogP contribution in [0.15, 0.2) is 104 Å². The van der Waals surface area contributed by atoms with E-state index < -0.39 is 0 Å². The first-order chi connectivity index (χ1) is 18.0. The quantitative estimate of drug-likeness (QED) is 0.256. The van der Waals surface area contributed by atoms with Crippen LogP contribution in [0.5, 0.6) is 0 Å². The number of benzene rings is 3. The zero-order valence-corrected chi connectivity index (χ0v) is 22.5. The summed E-state index contributed by atoms with van der Waals surface area (Å²) in [6.45, 7) is 13.1. The molecule has 3 aromatic rings. The summed E-state index contributed by atoms with van der Waals surface area (Å²) in [5, 5.41) is 0. The molecule has 4 heteroatoms. The van der Waals surface area contributed by atoms with Gasteiger partial charge in [0.05, 0.1) is 32.5 Å². The highest BCUT2D eigenvalue weighted by Gasteiger charge is 2.53. The second-order valence-corrected chi connectivity index (χ2v) is 10.8. The molecule has 3 aromatic carbocycles. The molecule has 0 radical (unpaired) electrons. The summed E-state index contributed by atoms with van der Waals surface area (Å²) >= 11 is 0. The SMILES string of the molecule is C=CC[C@@H]1[C@@H](OCc2ccccc2)[C@H](OCc2ccccc2)[C@@H](COCc2ccccc2)N1C(C)(C)C. The molecule has 0 bridgehead atoms. The van der Waals surface area contributed by atoms with Crippen molar-refractivity contribution in [3.63, 3.8) is 0 Å². The minimum absolute atomic E-state index is 0.0400. The Morgan fingerprint density at radius 1 is 0.676 bits per heavy atom. The summed E-state index contributed by atoms with van der Waals surface area (Å²) in [6, 6.07) is 31.2. The molecule has 4 nitrogen and oxygen atoms in total. The lowest BCUT2D eigenvalue weighted by molar-refractivity contribution is -0.0870. The average Bonchev–Trinajstić information content (AvgIpc) is 3.20. The van der Waals surface area contributed by atoms with Gasteiger partial charge in [0.1, 0.15) is 12.2 Å². The van der Waals surface area contributed by atoms with E-state index in [1.54, 1.807) is 0 Å². The summed E-state index contributed by atoms with van der Waals surface area (Å²) in [5.41, 5.74) is 3.38. The highest BCUT2D eigenvalue weighted by Crippen LogP contribution is 2.38. The molecular weight excluding hydrogens is 458 g/mol. The maximum Gasteiger partial charge on any atom is 0.103 e. The van der Waals surface area contributed by atoms with E-state index in [4.69, 9.17) is 14.2 Å². The molecule has 37 heavy (non-hydrogen) atoms. The van der Waals surface area contributed by atoms with Crippen LogP contribution in [0.1, 0.15) is 43.9 Å². The van der Waals surface area contributed by atoms with Crippen LogP contribution in [0.4, 0.5) is 0 Å². The van der Waals surface area contributed by atoms with Gasteiger partial charge in [0.25, 0.3) is 0 Å². The van der Waals surface area contributed by atoms with Crippen molar-refractivity contribution >= 4 is 0 Å². The fourth-order valence-electron chi connectivity index (χ4n) is 5.41. The molecule has 1 aliphatic rings. The first-order valence-electron chi connectivity index (χ1n) is 13.3. The van der Waals surface area contributed by atoms with E-state index in [9.17, 15) is 0 Å².